The first-order valence-electron chi connectivity index (χ1n) is 10.9. The molecule has 0 saturated heterocycles. The zero-order valence-corrected chi connectivity index (χ0v) is 18.1. The molecule has 1 aliphatic carbocycles. The van der Waals surface area contributed by atoms with Crippen LogP contribution in [0.4, 0.5) is 4.39 Å². The van der Waals surface area contributed by atoms with E-state index in [1.54, 1.807) is 17.0 Å². The summed E-state index contributed by atoms with van der Waals surface area (Å²) in [4.78, 5) is 27.1. The van der Waals surface area contributed by atoms with Crippen molar-refractivity contribution in [3.8, 4) is 11.5 Å². The fourth-order valence-electron chi connectivity index (χ4n) is 4.45. The van der Waals surface area contributed by atoms with E-state index in [2.05, 4.69) is 0 Å². The van der Waals surface area contributed by atoms with Gasteiger partial charge >= 0.3 is 0 Å². The molecule has 7 nitrogen and oxygen atoms in total. The second-order valence-corrected chi connectivity index (χ2v) is 8.45. The van der Waals surface area contributed by atoms with Crippen molar-refractivity contribution in [2.45, 2.75) is 18.9 Å². The van der Waals surface area contributed by atoms with Gasteiger partial charge in [0.2, 0.25) is 5.43 Å². The predicted molar refractivity (Wildman–Crippen MR) is 120 cm³/mol. The van der Waals surface area contributed by atoms with E-state index < -0.39 is 28.9 Å². The maximum atomic E-state index is 14.7. The van der Waals surface area contributed by atoms with Gasteiger partial charge in [-0.2, -0.15) is 0 Å². The highest BCUT2D eigenvalue weighted by Crippen LogP contribution is 2.38. The lowest BCUT2D eigenvalue weighted by atomic mass is 9.96. The van der Waals surface area contributed by atoms with E-state index in [4.69, 9.17) is 4.74 Å². The van der Waals surface area contributed by atoms with Gasteiger partial charge in [-0.1, -0.05) is 42.5 Å². The number of nitrogens with zero attached hydrogens (tertiary/aromatic N) is 3. The van der Waals surface area contributed by atoms with E-state index in [1.807, 2.05) is 35.3 Å². The SMILES string of the molecule is COc1c(F)cccc1[C@@H](c1ccccc1)N1CN(CC2CC2)C(=O)c2c(O)c(=O)ccn21. The number of hydrogen-bond acceptors (Lipinski definition) is 5. The molecular formula is C25H24FN3O4. The number of pyridine rings is 1. The summed E-state index contributed by atoms with van der Waals surface area (Å²) in [6, 6.07) is 14.9. The van der Waals surface area contributed by atoms with Gasteiger partial charge in [0.25, 0.3) is 5.91 Å². The van der Waals surface area contributed by atoms with Crippen LogP contribution in [-0.2, 0) is 0 Å². The second kappa shape index (κ2) is 8.27. The van der Waals surface area contributed by atoms with Gasteiger partial charge in [0.05, 0.1) is 7.11 Å². The molecule has 1 amide bonds. The van der Waals surface area contributed by atoms with Gasteiger partial charge in [0.1, 0.15) is 12.7 Å². The molecule has 170 valence electrons. The lowest BCUT2D eigenvalue weighted by Crippen LogP contribution is -2.56. The average Bonchev–Trinajstić information content (AvgIpc) is 3.64. The fraction of sp³-hybridized carbons (Fsp3) is 0.280. The molecule has 2 heterocycles. The van der Waals surface area contributed by atoms with Crippen LogP contribution >= 0.6 is 0 Å². The summed E-state index contributed by atoms with van der Waals surface area (Å²) in [5, 5.41) is 12.4. The zero-order chi connectivity index (χ0) is 23.1. The van der Waals surface area contributed by atoms with E-state index in [-0.39, 0.29) is 18.1 Å². The lowest BCUT2D eigenvalue weighted by Gasteiger charge is -2.44. The number of amides is 1. The van der Waals surface area contributed by atoms with Gasteiger partial charge in [0, 0.05) is 24.4 Å². The molecule has 1 fully saturated rings. The van der Waals surface area contributed by atoms with Gasteiger partial charge in [-0.25, -0.2) is 4.39 Å². The van der Waals surface area contributed by atoms with Crippen molar-refractivity contribution >= 4 is 5.91 Å². The van der Waals surface area contributed by atoms with Crippen molar-refractivity contribution in [1.82, 2.24) is 9.58 Å². The topological polar surface area (TPSA) is 75.0 Å². The van der Waals surface area contributed by atoms with Crippen LogP contribution in [0.15, 0.2) is 65.6 Å². The molecule has 3 aromatic rings. The summed E-state index contributed by atoms with van der Waals surface area (Å²) >= 11 is 0. The molecule has 0 bridgehead atoms. The highest BCUT2D eigenvalue weighted by atomic mass is 19.1. The summed E-state index contributed by atoms with van der Waals surface area (Å²) in [5.41, 5.74) is 0.688. The summed E-state index contributed by atoms with van der Waals surface area (Å²) in [6.07, 6.45) is 3.56. The lowest BCUT2D eigenvalue weighted by molar-refractivity contribution is 0.0670. The van der Waals surface area contributed by atoms with E-state index in [1.165, 1.54) is 30.1 Å². The van der Waals surface area contributed by atoms with E-state index in [0.29, 0.717) is 18.0 Å². The van der Waals surface area contributed by atoms with Crippen molar-refractivity contribution in [1.29, 1.82) is 0 Å². The third-order valence-electron chi connectivity index (χ3n) is 6.22. The molecule has 0 spiro atoms. The summed E-state index contributed by atoms with van der Waals surface area (Å²) in [7, 11) is 1.42. The molecule has 1 aliphatic heterocycles. The van der Waals surface area contributed by atoms with Gasteiger partial charge < -0.3 is 14.7 Å². The molecule has 1 N–H and O–H groups in total. The Balaban J connectivity index is 1.73. The van der Waals surface area contributed by atoms with Crippen molar-refractivity contribution in [2.75, 3.05) is 25.3 Å². The Morgan fingerprint density at radius 1 is 1.09 bits per heavy atom. The van der Waals surface area contributed by atoms with Gasteiger partial charge in [0.15, 0.2) is 23.0 Å². The first-order valence-corrected chi connectivity index (χ1v) is 10.9. The molecule has 2 aromatic carbocycles. The van der Waals surface area contributed by atoms with Crippen LogP contribution in [0.1, 0.15) is 40.5 Å². The van der Waals surface area contributed by atoms with Crippen LogP contribution in [0, 0.1) is 11.7 Å². The number of para-hydroxylation sites is 1. The van der Waals surface area contributed by atoms with Crippen molar-refractivity contribution in [3.63, 3.8) is 0 Å². The molecule has 5 rings (SSSR count). The van der Waals surface area contributed by atoms with Gasteiger partial charge in [-0.15, -0.1) is 0 Å². The molecule has 1 aromatic heterocycles. The summed E-state index contributed by atoms with van der Waals surface area (Å²) < 4.78 is 21.7. The molecule has 1 atom stereocenters. The Kier molecular flexibility index (Phi) is 5.28. The number of fused-ring (bicyclic) bond motifs is 1. The van der Waals surface area contributed by atoms with Gasteiger partial charge in [-0.3, -0.25) is 19.3 Å². The van der Waals surface area contributed by atoms with E-state index in [0.717, 1.165) is 18.4 Å². The number of aromatic nitrogens is 1. The number of carbonyl (C=O) groups excluding carboxylic acids is 1. The molecule has 33 heavy (non-hydrogen) atoms. The maximum Gasteiger partial charge on any atom is 0.277 e. The van der Waals surface area contributed by atoms with Crippen LogP contribution in [0.25, 0.3) is 0 Å². The Bertz CT molecular complexity index is 1260. The largest absolute Gasteiger partial charge is 0.502 e. The number of aromatic hydroxyl groups is 1. The van der Waals surface area contributed by atoms with Crippen LogP contribution in [-0.4, -0.2) is 40.9 Å². The smallest absolute Gasteiger partial charge is 0.277 e. The number of rotatable bonds is 6. The van der Waals surface area contributed by atoms with Crippen LogP contribution in [0.3, 0.4) is 0 Å². The Morgan fingerprint density at radius 2 is 1.85 bits per heavy atom. The van der Waals surface area contributed by atoms with Crippen molar-refractivity contribution in [3.05, 3.63) is 93.7 Å². The number of halogens is 1. The van der Waals surface area contributed by atoms with Crippen LogP contribution in [0.2, 0.25) is 0 Å². The number of ether oxygens (including phenoxy) is 1. The molecule has 1 saturated carbocycles. The number of hydrogen-bond donors (Lipinski definition) is 1. The first kappa shape index (κ1) is 21.1. The van der Waals surface area contributed by atoms with Gasteiger partial charge in [-0.05, 0) is 30.4 Å². The highest BCUT2D eigenvalue weighted by molar-refractivity contribution is 5.96. The predicted octanol–water partition coefficient (Wildman–Crippen LogP) is 3.25. The highest BCUT2D eigenvalue weighted by Gasteiger charge is 2.39. The third-order valence-corrected chi connectivity index (χ3v) is 6.22. The fourth-order valence-corrected chi connectivity index (χ4v) is 4.45. The molecule has 2 aliphatic rings. The number of benzene rings is 2. The number of carbonyl (C=O) groups is 1. The average molecular weight is 449 g/mol. The second-order valence-electron chi connectivity index (χ2n) is 8.45. The van der Waals surface area contributed by atoms with Crippen LogP contribution in [0.5, 0.6) is 11.5 Å². The molecule has 0 radical (unpaired) electrons. The van der Waals surface area contributed by atoms with E-state index in [9.17, 15) is 19.1 Å². The molecule has 0 unspecified atom stereocenters. The minimum absolute atomic E-state index is 0.0919. The third kappa shape index (κ3) is 3.71. The minimum atomic E-state index is -0.623. The Labute approximate surface area is 190 Å². The number of methoxy groups -OCH3 is 1. The van der Waals surface area contributed by atoms with Crippen LogP contribution < -0.4 is 15.2 Å². The minimum Gasteiger partial charge on any atom is -0.502 e. The zero-order valence-electron chi connectivity index (χ0n) is 18.1. The quantitative estimate of drug-likeness (QED) is 0.625. The normalized spacial score (nSPS) is 16.5. The molecule has 8 heteroatoms. The standard InChI is InChI=1S/C25H24FN3O4/c1-33-24-18(8-5-9-19(24)26)21(17-6-3-2-4-7-17)29-15-27(14-16-10-11-16)25(32)22-23(31)20(30)12-13-28(22)29/h2-9,12-13,16,21,31H,10-11,14-15H2,1H3/t21-/m1/s1. The van der Waals surface area contributed by atoms with E-state index >= 15 is 0 Å². The Hall–Kier alpha value is -3.81. The van der Waals surface area contributed by atoms with Crippen molar-refractivity contribution in [2.24, 2.45) is 5.92 Å². The summed E-state index contributed by atoms with van der Waals surface area (Å²) in [6.45, 7) is 0.726. The monoisotopic (exact) mass is 449 g/mol. The van der Waals surface area contributed by atoms with Crippen molar-refractivity contribution < 1.29 is 19.0 Å². The summed E-state index contributed by atoms with van der Waals surface area (Å²) in [5.74, 6) is -0.984. The Morgan fingerprint density at radius 3 is 2.55 bits per heavy atom. The molecular weight excluding hydrogens is 425 g/mol. The first-order chi connectivity index (χ1) is 16.0. The maximum absolute atomic E-state index is 14.7.